The number of hydrogen-bond donors (Lipinski definition) is 1. The van der Waals surface area contributed by atoms with Crippen LogP contribution in [0.2, 0.25) is 0 Å². The second kappa shape index (κ2) is 5.40. The van der Waals surface area contributed by atoms with Gasteiger partial charge in [0.2, 0.25) is 11.7 Å². The van der Waals surface area contributed by atoms with Crippen LogP contribution in [0.3, 0.4) is 0 Å². The van der Waals surface area contributed by atoms with E-state index in [0.717, 1.165) is 0 Å². The molecule has 0 aliphatic heterocycles. The van der Waals surface area contributed by atoms with E-state index in [1.165, 1.54) is 0 Å². The molecule has 2 aromatic rings. The van der Waals surface area contributed by atoms with Gasteiger partial charge in [0.1, 0.15) is 5.75 Å². The van der Waals surface area contributed by atoms with Crippen LogP contribution in [0.4, 0.5) is 0 Å². The molecule has 0 atom stereocenters. The van der Waals surface area contributed by atoms with Gasteiger partial charge in [-0.05, 0) is 12.1 Å². The Morgan fingerprint density at radius 1 is 1.41 bits per heavy atom. The summed E-state index contributed by atoms with van der Waals surface area (Å²) < 4.78 is 10.4. The predicted octanol–water partition coefficient (Wildman–Crippen LogP) is 1.10. The van der Waals surface area contributed by atoms with E-state index in [0.29, 0.717) is 29.6 Å². The number of aliphatic hydroxyl groups is 1. The second-order valence-corrected chi connectivity index (χ2v) is 3.39. The molecule has 1 N–H and O–H groups in total. The Morgan fingerprint density at radius 3 is 2.88 bits per heavy atom. The average Bonchev–Trinajstić information content (AvgIpc) is 2.85. The molecule has 2 heterocycles. The van der Waals surface area contributed by atoms with Gasteiger partial charge < -0.3 is 14.4 Å². The normalized spacial score (nSPS) is 10.5. The maximum Gasteiger partial charge on any atom is 0.226 e. The van der Waals surface area contributed by atoms with E-state index >= 15 is 0 Å². The number of ether oxygens (including phenoxy) is 1. The zero-order valence-electron chi connectivity index (χ0n) is 9.46. The van der Waals surface area contributed by atoms with Gasteiger partial charge in [-0.15, -0.1) is 0 Å². The van der Waals surface area contributed by atoms with Gasteiger partial charge in [-0.3, -0.25) is 4.98 Å². The fourth-order valence-corrected chi connectivity index (χ4v) is 1.23. The summed E-state index contributed by atoms with van der Waals surface area (Å²) in [6, 6.07) is 3.43. The number of hydrogen-bond acceptors (Lipinski definition) is 6. The molecule has 0 saturated heterocycles. The largest absolute Gasteiger partial charge is 0.484 e. The lowest BCUT2D eigenvalue weighted by atomic mass is 10.3. The quantitative estimate of drug-likeness (QED) is 0.835. The minimum absolute atomic E-state index is 0.0784. The highest BCUT2D eigenvalue weighted by molar-refractivity contribution is 5.19. The number of nitrogens with zero attached hydrogens (tertiary/aromatic N) is 3. The summed E-state index contributed by atoms with van der Waals surface area (Å²) in [5.41, 5.74) is 0.602. The summed E-state index contributed by atoms with van der Waals surface area (Å²) in [7, 11) is 0. The fraction of sp³-hybridized carbons (Fsp3) is 0.364. The first-order chi connectivity index (χ1) is 8.31. The van der Waals surface area contributed by atoms with Crippen molar-refractivity contribution in [3.63, 3.8) is 0 Å². The van der Waals surface area contributed by atoms with Crippen molar-refractivity contribution in [3.8, 4) is 5.75 Å². The highest BCUT2D eigenvalue weighted by Gasteiger charge is 2.05. The van der Waals surface area contributed by atoms with Crippen LogP contribution >= 0.6 is 0 Å². The van der Waals surface area contributed by atoms with E-state index in [1.54, 1.807) is 18.3 Å². The lowest BCUT2D eigenvalue weighted by Gasteiger charge is -2.02. The summed E-state index contributed by atoms with van der Waals surface area (Å²) in [5.74, 6) is 1.70. The van der Waals surface area contributed by atoms with Crippen LogP contribution in [0.15, 0.2) is 22.9 Å². The number of aliphatic hydroxyl groups excluding tert-OH is 1. The number of aromatic nitrogens is 3. The third-order valence-corrected chi connectivity index (χ3v) is 2.14. The predicted molar refractivity (Wildman–Crippen MR) is 58.2 cm³/mol. The molecular formula is C11H13N3O3. The molecule has 2 aromatic heterocycles. The van der Waals surface area contributed by atoms with E-state index < -0.39 is 0 Å². The van der Waals surface area contributed by atoms with Crippen molar-refractivity contribution in [2.45, 2.75) is 26.6 Å². The van der Waals surface area contributed by atoms with Crippen molar-refractivity contribution in [3.05, 3.63) is 35.7 Å². The van der Waals surface area contributed by atoms with Crippen LogP contribution in [0, 0.1) is 0 Å². The standard InChI is InChI=1S/C11H13N3O3/c1-2-11-13-10(14-17-11)7-16-9-4-3-8(6-15)12-5-9/h3-5,15H,2,6-7H2,1H3. The Kier molecular flexibility index (Phi) is 3.66. The zero-order chi connectivity index (χ0) is 12.1. The molecule has 0 amide bonds. The van der Waals surface area contributed by atoms with Crippen LogP contribution in [0.1, 0.15) is 24.3 Å². The minimum Gasteiger partial charge on any atom is -0.484 e. The van der Waals surface area contributed by atoms with E-state index in [-0.39, 0.29) is 13.2 Å². The molecule has 90 valence electrons. The van der Waals surface area contributed by atoms with Crippen molar-refractivity contribution < 1.29 is 14.4 Å². The van der Waals surface area contributed by atoms with Crippen molar-refractivity contribution in [2.75, 3.05) is 0 Å². The maximum absolute atomic E-state index is 8.83. The van der Waals surface area contributed by atoms with Crippen molar-refractivity contribution in [1.82, 2.24) is 15.1 Å². The van der Waals surface area contributed by atoms with Gasteiger partial charge in [-0.25, -0.2) is 0 Å². The third-order valence-electron chi connectivity index (χ3n) is 2.14. The van der Waals surface area contributed by atoms with Gasteiger partial charge in [-0.1, -0.05) is 12.1 Å². The van der Waals surface area contributed by atoms with E-state index in [2.05, 4.69) is 15.1 Å². The van der Waals surface area contributed by atoms with Crippen LogP contribution in [0.5, 0.6) is 5.75 Å². The van der Waals surface area contributed by atoms with Gasteiger partial charge in [-0.2, -0.15) is 4.98 Å². The zero-order valence-corrected chi connectivity index (χ0v) is 9.46. The summed E-state index contributed by atoms with van der Waals surface area (Å²) >= 11 is 0. The Hall–Kier alpha value is -1.95. The van der Waals surface area contributed by atoms with Crippen LogP contribution in [-0.2, 0) is 19.6 Å². The molecule has 0 saturated carbocycles. The molecule has 0 spiro atoms. The number of aryl methyl sites for hydroxylation is 1. The van der Waals surface area contributed by atoms with E-state index in [4.69, 9.17) is 14.4 Å². The smallest absolute Gasteiger partial charge is 0.226 e. The minimum atomic E-state index is -0.0784. The third kappa shape index (κ3) is 3.01. The Labute approximate surface area is 98.3 Å². The molecule has 0 fully saturated rings. The summed E-state index contributed by atoms with van der Waals surface area (Å²) in [5, 5.41) is 12.6. The van der Waals surface area contributed by atoms with Crippen molar-refractivity contribution in [1.29, 1.82) is 0 Å². The summed E-state index contributed by atoms with van der Waals surface area (Å²) in [6.45, 7) is 2.10. The van der Waals surface area contributed by atoms with E-state index in [1.807, 2.05) is 6.92 Å². The second-order valence-electron chi connectivity index (χ2n) is 3.39. The summed E-state index contributed by atoms with van der Waals surface area (Å²) in [6.07, 6.45) is 2.26. The van der Waals surface area contributed by atoms with Gasteiger partial charge in [0.15, 0.2) is 6.61 Å². The topological polar surface area (TPSA) is 81.3 Å². The molecule has 0 aromatic carbocycles. The molecule has 2 rings (SSSR count). The molecule has 0 bridgehead atoms. The Bertz CT molecular complexity index is 467. The highest BCUT2D eigenvalue weighted by Crippen LogP contribution is 2.11. The molecule has 6 heteroatoms. The molecule has 0 unspecified atom stereocenters. The Morgan fingerprint density at radius 2 is 2.29 bits per heavy atom. The van der Waals surface area contributed by atoms with Crippen molar-refractivity contribution >= 4 is 0 Å². The monoisotopic (exact) mass is 235 g/mol. The van der Waals surface area contributed by atoms with Crippen molar-refractivity contribution in [2.24, 2.45) is 0 Å². The van der Waals surface area contributed by atoms with Gasteiger partial charge in [0, 0.05) is 6.42 Å². The first kappa shape index (κ1) is 11.5. The molecule has 0 aliphatic rings. The SMILES string of the molecule is CCc1nc(COc2ccc(CO)nc2)no1. The lowest BCUT2D eigenvalue weighted by Crippen LogP contribution is -1.99. The van der Waals surface area contributed by atoms with Gasteiger partial charge in [0.25, 0.3) is 0 Å². The van der Waals surface area contributed by atoms with Gasteiger partial charge in [0.05, 0.1) is 18.5 Å². The van der Waals surface area contributed by atoms with Crippen LogP contribution in [-0.4, -0.2) is 20.2 Å². The molecule has 0 radical (unpaired) electrons. The first-order valence-corrected chi connectivity index (χ1v) is 5.32. The van der Waals surface area contributed by atoms with Gasteiger partial charge >= 0.3 is 0 Å². The van der Waals surface area contributed by atoms with E-state index in [9.17, 15) is 0 Å². The summed E-state index contributed by atoms with van der Waals surface area (Å²) in [4.78, 5) is 8.11. The number of rotatable bonds is 5. The Balaban J connectivity index is 1.92. The lowest BCUT2D eigenvalue weighted by molar-refractivity contribution is 0.272. The first-order valence-electron chi connectivity index (χ1n) is 5.32. The van der Waals surface area contributed by atoms with Crippen LogP contribution in [0.25, 0.3) is 0 Å². The highest BCUT2D eigenvalue weighted by atomic mass is 16.5. The average molecular weight is 235 g/mol. The van der Waals surface area contributed by atoms with Crippen LogP contribution < -0.4 is 4.74 Å². The molecular weight excluding hydrogens is 222 g/mol. The fourth-order valence-electron chi connectivity index (χ4n) is 1.23. The number of pyridine rings is 1. The molecule has 0 aliphatic carbocycles. The molecule has 6 nitrogen and oxygen atoms in total. The maximum atomic E-state index is 8.83. The molecule has 17 heavy (non-hydrogen) atoms.